The molecule has 1 fully saturated rings. The van der Waals surface area contributed by atoms with E-state index in [4.69, 9.17) is 20.8 Å². The molecule has 33 heavy (non-hydrogen) atoms. The van der Waals surface area contributed by atoms with Crippen molar-refractivity contribution in [2.45, 2.75) is 25.1 Å². The Hall–Kier alpha value is -2.39. The van der Waals surface area contributed by atoms with E-state index in [1.54, 1.807) is 42.5 Å². The molecule has 0 radical (unpaired) electrons. The number of benzene rings is 2. The summed E-state index contributed by atoms with van der Waals surface area (Å²) in [5, 5.41) is 11.2. The summed E-state index contributed by atoms with van der Waals surface area (Å²) in [6, 6.07) is 16.2. The number of ether oxygens (including phenoxy) is 1. The van der Waals surface area contributed by atoms with Gasteiger partial charge in [0, 0.05) is 23.2 Å². The monoisotopic (exact) mass is 493 g/mol. The smallest absolute Gasteiger partial charge is 0.151 e. The van der Waals surface area contributed by atoms with Gasteiger partial charge in [0.15, 0.2) is 9.84 Å². The molecule has 1 saturated heterocycles. The summed E-state index contributed by atoms with van der Waals surface area (Å²) in [7, 11) is -3.10. The van der Waals surface area contributed by atoms with Crippen molar-refractivity contribution in [1.82, 2.24) is 4.90 Å². The maximum atomic E-state index is 13.2. The summed E-state index contributed by atoms with van der Waals surface area (Å²) in [5.74, 6) is 1.66. The molecule has 2 unspecified atom stereocenters. The second kappa shape index (κ2) is 10.3. The molecule has 0 spiro atoms. The van der Waals surface area contributed by atoms with E-state index in [1.165, 1.54) is 12.1 Å². The van der Waals surface area contributed by atoms with Crippen LogP contribution in [0.5, 0.6) is 5.75 Å². The third-order valence-corrected chi connectivity index (χ3v) is 7.58. The van der Waals surface area contributed by atoms with Gasteiger partial charge in [-0.3, -0.25) is 4.90 Å². The van der Waals surface area contributed by atoms with E-state index in [-0.39, 0.29) is 36.5 Å². The summed E-state index contributed by atoms with van der Waals surface area (Å²) in [4.78, 5) is 1.92. The molecule has 2 heterocycles. The van der Waals surface area contributed by atoms with Crippen LogP contribution in [0.2, 0.25) is 5.02 Å². The van der Waals surface area contributed by atoms with Crippen LogP contribution in [0.3, 0.4) is 0 Å². The van der Waals surface area contributed by atoms with Crippen molar-refractivity contribution in [1.29, 1.82) is 0 Å². The van der Waals surface area contributed by atoms with Crippen molar-refractivity contribution in [3.63, 3.8) is 0 Å². The topological polar surface area (TPSA) is 80.0 Å². The molecule has 4 rings (SSSR count). The highest BCUT2D eigenvalue weighted by atomic mass is 35.5. The summed E-state index contributed by atoms with van der Waals surface area (Å²) < 4.78 is 48.9. The number of furan rings is 1. The summed E-state index contributed by atoms with van der Waals surface area (Å²) >= 11 is 5.88. The fourth-order valence-electron chi connectivity index (χ4n) is 3.89. The Bertz CT molecular complexity index is 1160. The van der Waals surface area contributed by atoms with Crippen LogP contribution in [0, 0.1) is 5.82 Å². The predicted octanol–water partition coefficient (Wildman–Crippen LogP) is 4.17. The number of hydrogen-bond acceptors (Lipinski definition) is 6. The highest BCUT2D eigenvalue weighted by Crippen LogP contribution is 2.26. The minimum atomic E-state index is -3.10. The van der Waals surface area contributed by atoms with Crippen LogP contribution < -0.4 is 4.74 Å². The fourth-order valence-corrected chi connectivity index (χ4v) is 5.77. The van der Waals surface area contributed by atoms with Gasteiger partial charge in [0.1, 0.15) is 35.8 Å². The van der Waals surface area contributed by atoms with Gasteiger partial charge in [-0.15, -0.1) is 0 Å². The molecule has 2 aromatic carbocycles. The van der Waals surface area contributed by atoms with E-state index < -0.39 is 15.9 Å². The highest BCUT2D eigenvalue weighted by molar-refractivity contribution is 7.91. The molecule has 1 aromatic heterocycles. The molecule has 176 valence electrons. The lowest BCUT2D eigenvalue weighted by Gasteiger charge is -2.29. The van der Waals surface area contributed by atoms with Gasteiger partial charge in [-0.1, -0.05) is 11.6 Å². The van der Waals surface area contributed by atoms with Crippen LogP contribution in [0.25, 0.3) is 11.3 Å². The number of aliphatic hydroxyl groups excluding tert-OH is 1. The number of halogens is 2. The third-order valence-electron chi connectivity index (χ3n) is 5.58. The van der Waals surface area contributed by atoms with E-state index in [0.717, 1.165) is 5.56 Å². The second-order valence-corrected chi connectivity index (χ2v) is 10.8. The third kappa shape index (κ3) is 6.57. The minimum Gasteiger partial charge on any atom is -0.491 e. The molecule has 6 nitrogen and oxygen atoms in total. The number of rotatable bonds is 9. The number of nitrogens with zero attached hydrogens (tertiary/aromatic N) is 1. The Morgan fingerprint density at radius 3 is 2.52 bits per heavy atom. The predicted molar refractivity (Wildman–Crippen MR) is 125 cm³/mol. The quantitative estimate of drug-likeness (QED) is 0.482. The van der Waals surface area contributed by atoms with E-state index in [0.29, 0.717) is 35.3 Å². The van der Waals surface area contributed by atoms with Crippen LogP contribution in [-0.4, -0.2) is 55.2 Å². The molecule has 0 bridgehead atoms. The van der Waals surface area contributed by atoms with Gasteiger partial charge in [-0.25, -0.2) is 12.8 Å². The van der Waals surface area contributed by atoms with Crippen LogP contribution in [0.1, 0.15) is 12.2 Å². The molecule has 0 aliphatic carbocycles. The average molecular weight is 494 g/mol. The average Bonchev–Trinajstić information content (AvgIpc) is 3.39. The lowest BCUT2D eigenvalue weighted by molar-refractivity contribution is 0.0498. The first-order valence-corrected chi connectivity index (χ1v) is 12.8. The number of hydrogen-bond donors (Lipinski definition) is 1. The Morgan fingerprint density at radius 2 is 1.85 bits per heavy atom. The van der Waals surface area contributed by atoms with Gasteiger partial charge in [-0.2, -0.15) is 0 Å². The Kier molecular flexibility index (Phi) is 7.38. The zero-order chi connectivity index (χ0) is 23.4. The zero-order valence-corrected chi connectivity index (χ0v) is 19.4. The molecule has 2 atom stereocenters. The molecule has 1 aliphatic rings. The summed E-state index contributed by atoms with van der Waals surface area (Å²) in [6.45, 7) is 0.607. The SMILES string of the molecule is O=S1(=O)CCC(N(Cc2ccc(-c3ccc(F)cc3)o2)CC(O)COc2ccc(Cl)cc2)C1. The van der Waals surface area contributed by atoms with Crippen LogP contribution in [0.4, 0.5) is 4.39 Å². The molecular formula is C24H25ClFNO5S. The molecule has 3 aromatic rings. The van der Waals surface area contributed by atoms with Gasteiger partial charge in [0.25, 0.3) is 0 Å². The molecular weight excluding hydrogens is 469 g/mol. The summed E-state index contributed by atoms with van der Waals surface area (Å²) in [6.07, 6.45) is -0.339. The second-order valence-electron chi connectivity index (χ2n) is 8.18. The van der Waals surface area contributed by atoms with Crippen molar-refractivity contribution < 1.29 is 27.1 Å². The standard InChI is InChI=1S/C24H25ClFNO5S/c25-18-3-7-22(8-4-18)31-15-21(28)13-27(20-11-12-33(29,30)16-20)14-23-9-10-24(32-23)17-1-5-19(26)6-2-17/h1-10,20-21,28H,11-16H2. The minimum absolute atomic E-state index is 0.0449. The van der Waals surface area contributed by atoms with Gasteiger partial charge < -0.3 is 14.3 Å². The lowest BCUT2D eigenvalue weighted by atomic mass is 10.2. The highest BCUT2D eigenvalue weighted by Gasteiger charge is 2.33. The first-order valence-electron chi connectivity index (χ1n) is 10.6. The molecule has 9 heteroatoms. The van der Waals surface area contributed by atoms with Gasteiger partial charge in [-0.05, 0) is 67.1 Å². The normalized spacial score (nSPS) is 18.5. The Labute approximate surface area is 197 Å². The zero-order valence-electron chi connectivity index (χ0n) is 17.9. The van der Waals surface area contributed by atoms with Gasteiger partial charge in [0.05, 0.1) is 18.1 Å². The lowest BCUT2D eigenvalue weighted by Crippen LogP contribution is -2.42. The van der Waals surface area contributed by atoms with E-state index in [2.05, 4.69) is 0 Å². The maximum absolute atomic E-state index is 13.2. The van der Waals surface area contributed by atoms with E-state index in [9.17, 15) is 17.9 Å². The Morgan fingerprint density at radius 1 is 1.12 bits per heavy atom. The van der Waals surface area contributed by atoms with E-state index in [1.807, 2.05) is 11.0 Å². The molecule has 0 amide bonds. The van der Waals surface area contributed by atoms with Crippen LogP contribution in [-0.2, 0) is 16.4 Å². The summed E-state index contributed by atoms with van der Waals surface area (Å²) in [5.41, 5.74) is 0.744. The van der Waals surface area contributed by atoms with E-state index >= 15 is 0 Å². The van der Waals surface area contributed by atoms with Crippen LogP contribution in [0.15, 0.2) is 65.1 Å². The first-order chi connectivity index (χ1) is 15.8. The van der Waals surface area contributed by atoms with Gasteiger partial charge in [0.2, 0.25) is 0 Å². The maximum Gasteiger partial charge on any atom is 0.151 e. The fraction of sp³-hybridized carbons (Fsp3) is 0.333. The van der Waals surface area contributed by atoms with Crippen molar-refractivity contribution in [2.75, 3.05) is 24.7 Å². The Balaban J connectivity index is 1.43. The van der Waals surface area contributed by atoms with Crippen molar-refractivity contribution in [3.05, 3.63) is 77.3 Å². The molecule has 1 N–H and O–H groups in total. The van der Waals surface area contributed by atoms with Crippen molar-refractivity contribution >= 4 is 21.4 Å². The largest absolute Gasteiger partial charge is 0.491 e. The molecule has 0 saturated carbocycles. The van der Waals surface area contributed by atoms with Crippen molar-refractivity contribution in [3.8, 4) is 17.1 Å². The molecule has 1 aliphatic heterocycles. The first kappa shape index (κ1) is 23.8. The van der Waals surface area contributed by atoms with Crippen molar-refractivity contribution in [2.24, 2.45) is 0 Å². The van der Waals surface area contributed by atoms with Gasteiger partial charge >= 0.3 is 0 Å². The number of aliphatic hydroxyl groups is 1. The number of sulfone groups is 1. The van der Waals surface area contributed by atoms with Crippen LogP contribution >= 0.6 is 11.6 Å².